The van der Waals surface area contributed by atoms with Gasteiger partial charge in [-0.2, -0.15) is 0 Å². The van der Waals surface area contributed by atoms with Crippen LogP contribution in [-0.4, -0.2) is 24.2 Å². The first kappa shape index (κ1) is 13.3. The smallest absolute Gasteiger partial charge is 0.320 e. The molecule has 4 nitrogen and oxygen atoms in total. The molecule has 0 spiro atoms. The van der Waals surface area contributed by atoms with E-state index in [-0.39, 0.29) is 6.42 Å². The van der Waals surface area contributed by atoms with Crippen molar-refractivity contribution < 1.29 is 14.6 Å². The Kier molecular flexibility index (Phi) is 4.58. The van der Waals surface area contributed by atoms with Crippen LogP contribution in [0.5, 0.6) is 5.75 Å². The normalized spacial score (nSPS) is 12.2. The molecule has 0 bridgehead atoms. The number of ether oxygens (including phenoxy) is 1. The average molecular weight is 309 g/mol. The Balaban J connectivity index is 2.98. The van der Waals surface area contributed by atoms with Crippen LogP contribution in [-0.2, 0) is 11.2 Å². The van der Waals surface area contributed by atoms with Gasteiger partial charge in [-0.15, -0.1) is 0 Å². The number of methoxy groups -OCH3 is 1. The number of carbonyl (C=O) groups is 1. The Morgan fingerprint density at radius 1 is 1.69 bits per heavy atom. The van der Waals surface area contributed by atoms with E-state index in [2.05, 4.69) is 15.9 Å². The zero-order valence-corrected chi connectivity index (χ0v) is 10.9. The molecule has 0 saturated heterocycles. The first-order chi connectivity index (χ1) is 7.45. The summed E-state index contributed by atoms with van der Waals surface area (Å²) in [5.41, 5.74) is 6.10. The first-order valence-corrected chi connectivity index (χ1v) is 5.63. The van der Waals surface area contributed by atoms with Crippen LogP contribution in [0.2, 0.25) is 5.02 Å². The molecule has 1 unspecified atom stereocenters. The van der Waals surface area contributed by atoms with E-state index in [9.17, 15) is 4.79 Å². The summed E-state index contributed by atoms with van der Waals surface area (Å²) >= 11 is 9.28. The predicted octanol–water partition coefficient (Wildman–Crippen LogP) is 2.07. The van der Waals surface area contributed by atoms with Gasteiger partial charge in [0.15, 0.2) is 0 Å². The molecule has 0 fully saturated rings. The minimum absolute atomic E-state index is 0.177. The zero-order valence-electron chi connectivity index (χ0n) is 8.54. The Morgan fingerprint density at radius 3 is 2.81 bits per heavy atom. The fraction of sp³-hybridized carbons (Fsp3) is 0.300. The largest absolute Gasteiger partial charge is 0.496 e. The maximum Gasteiger partial charge on any atom is 0.320 e. The van der Waals surface area contributed by atoms with Gasteiger partial charge in [0.1, 0.15) is 11.8 Å². The van der Waals surface area contributed by atoms with Crippen LogP contribution in [0.3, 0.4) is 0 Å². The lowest BCUT2D eigenvalue weighted by Crippen LogP contribution is -2.32. The summed E-state index contributed by atoms with van der Waals surface area (Å²) in [5, 5.41) is 9.14. The summed E-state index contributed by atoms with van der Waals surface area (Å²) in [5.74, 6) is -0.458. The molecular weight excluding hydrogens is 297 g/mol. The summed E-state index contributed by atoms with van der Waals surface area (Å²) in [4.78, 5) is 10.6. The number of halogens is 2. The molecule has 1 aromatic carbocycles. The molecule has 0 saturated carbocycles. The average Bonchev–Trinajstić information content (AvgIpc) is 2.22. The monoisotopic (exact) mass is 307 g/mol. The van der Waals surface area contributed by atoms with E-state index < -0.39 is 12.0 Å². The molecule has 0 aliphatic carbocycles. The molecule has 0 amide bonds. The molecule has 0 radical (unpaired) electrons. The van der Waals surface area contributed by atoms with E-state index in [0.29, 0.717) is 20.8 Å². The second-order valence-electron chi connectivity index (χ2n) is 3.23. The minimum atomic E-state index is -1.05. The van der Waals surface area contributed by atoms with Crippen molar-refractivity contribution in [2.45, 2.75) is 12.5 Å². The quantitative estimate of drug-likeness (QED) is 0.893. The Labute approximate surface area is 106 Å². The number of hydrogen-bond donors (Lipinski definition) is 2. The fourth-order valence-electron chi connectivity index (χ4n) is 1.21. The predicted molar refractivity (Wildman–Crippen MR) is 65.0 cm³/mol. The van der Waals surface area contributed by atoms with Crippen molar-refractivity contribution >= 4 is 33.5 Å². The van der Waals surface area contributed by atoms with Gasteiger partial charge in [-0.3, -0.25) is 4.79 Å². The van der Waals surface area contributed by atoms with E-state index in [1.165, 1.54) is 7.11 Å². The molecule has 88 valence electrons. The molecule has 0 heterocycles. The standard InChI is InChI=1S/C10H11BrClNO3/c1-16-9-4-7(12)5(2-6(9)11)3-8(13)10(14)15/h2,4,8H,3,13H2,1H3,(H,14,15). The zero-order chi connectivity index (χ0) is 12.3. The maximum absolute atomic E-state index is 10.6. The summed E-state index contributed by atoms with van der Waals surface area (Å²) in [6, 6.07) is 2.37. The summed E-state index contributed by atoms with van der Waals surface area (Å²) in [7, 11) is 1.53. The maximum atomic E-state index is 10.6. The van der Waals surface area contributed by atoms with E-state index in [1.54, 1.807) is 12.1 Å². The van der Waals surface area contributed by atoms with E-state index in [1.807, 2.05) is 0 Å². The minimum Gasteiger partial charge on any atom is -0.496 e. The summed E-state index contributed by atoms with van der Waals surface area (Å²) in [6.45, 7) is 0. The van der Waals surface area contributed by atoms with Gasteiger partial charge in [-0.05, 0) is 34.0 Å². The van der Waals surface area contributed by atoms with Gasteiger partial charge in [-0.25, -0.2) is 0 Å². The van der Waals surface area contributed by atoms with Crippen LogP contribution in [0.4, 0.5) is 0 Å². The second kappa shape index (κ2) is 5.52. The Bertz CT molecular complexity index is 411. The fourth-order valence-corrected chi connectivity index (χ4v) is 1.99. The summed E-state index contributed by atoms with van der Waals surface area (Å²) in [6.07, 6.45) is 0.177. The lowest BCUT2D eigenvalue weighted by atomic mass is 10.1. The van der Waals surface area contributed by atoms with E-state index in [4.69, 9.17) is 27.2 Å². The van der Waals surface area contributed by atoms with Crippen molar-refractivity contribution in [1.82, 2.24) is 0 Å². The molecule has 3 N–H and O–H groups in total. The highest BCUT2D eigenvalue weighted by Gasteiger charge is 2.15. The number of carboxylic acids is 1. The SMILES string of the molecule is COc1cc(Cl)c(CC(N)C(=O)O)cc1Br. The van der Waals surface area contributed by atoms with Crippen molar-refractivity contribution in [2.24, 2.45) is 5.73 Å². The number of carboxylic acid groups (broad SMARTS) is 1. The van der Waals surface area contributed by atoms with Gasteiger partial charge in [0.2, 0.25) is 0 Å². The highest BCUT2D eigenvalue weighted by molar-refractivity contribution is 9.10. The van der Waals surface area contributed by atoms with Crippen molar-refractivity contribution in [2.75, 3.05) is 7.11 Å². The third kappa shape index (κ3) is 3.10. The van der Waals surface area contributed by atoms with Gasteiger partial charge in [0, 0.05) is 11.1 Å². The Morgan fingerprint density at radius 2 is 2.31 bits per heavy atom. The molecule has 1 atom stereocenters. The molecule has 1 aromatic rings. The molecule has 1 rings (SSSR count). The number of hydrogen-bond acceptors (Lipinski definition) is 3. The van der Waals surface area contributed by atoms with Crippen LogP contribution in [0.15, 0.2) is 16.6 Å². The van der Waals surface area contributed by atoms with Crippen molar-refractivity contribution in [3.05, 3.63) is 27.2 Å². The van der Waals surface area contributed by atoms with E-state index in [0.717, 1.165) is 0 Å². The number of aliphatic carboxylic acids is 1. The molecule has 0 aliphatic rings. The molecular formula is C10H11BrClNO3. The lowest BCUT2D eigenvalue weighted by molar-refractivity contribution is -0.138. The van der Waals surface area contributed by atoms with Crippen LogP contribution >= 0.6 is 27.5 Å². The number of nitrogens with two attached hydrogens (primary N) is 1. The van der Waals surface area contributed by atoms with Crippen molar-refractivity contribution in [3.63, 3.8) is 0 Å². The van der Waals surface area contributed by atoms with Crippen LogP contribution in [0.25, 0.3) is 0 Å². The second-order valence-corrected chi connectivity index (χ2v) is 4.49. The lowest BCUT2D eigenvalue weighted by Gasteiger charge is -2.11. The number of rotatable bonds is 4. The highest BCUT2D eigenvalue weighted by Crippen LogP contribution is 2.31. The van der Waals surface area contributed by atoms with Crippen LogP contribution in [0, 0.1) is 0 Å². The van der Waals surface area contributed by atoms with E-state index >= 15 is 0 Å². The first-order valence-electron chi connectivity index (χ1n) is 4.46. The van der Waals surface area contributed by atoms with Gasteiger partial charge in [0.25, 0.3) is 0 Å². The molecule has 0 aromatic heterocycles. The van der Waals surface area contributed by atoms with Crippen molar-refractivity contribution in [1.29, 1.82) is 0 Å². The van der Waals surface area contributed by atoms with Gasteiger partial charge < -0.3 is 15.6 Å². The third-order valence-corrected chi connectivity index (χ3v) is 3.05. The van der Waals surface area contributed by atoms with Crippen molar-refractivity contribution in [3.8, 4) is 5.75 Å². The summed E-state index contributed by atoms with van der Waals surface area (Å²) < 4.78 is 5.77. The topological polar surface area (TPSA) is 72.5 Å². The highest BCUT2D eigenvalue weighted by atomic mass is 79.9. The van der Waals surface area contributed by atoms with Gasteiger partial charge >= 0.3 is 5.97 Å². The number of benzene rings is 1. The molecule has 6 heteroatoms. The molecule has 16 heavy (non-hydrogen) atoms. The van der Waals surface area contributed by atoms with Gasteiger partial charge in [-0.1, -0.05) is 11.6 Å². The Hall–Kier alpha value is -0.780. The van der Waals surface area contributed by atoms with Crippen LogP contribution in [0.1, 0.15) is 5.56 Å². The van der Waals surface area contributed by atoms with Crippen LogP contribution < -0.4 is 10.5 Å². The van der Waals surface area contributed by atoms with Gasteiger partial charge in [0.05, 0.1) is 11.6 Å². The molecule has 0 aliphatic heterocycles. The third-order valence-electron chi connectivity index (χ3n) is 2.08.